The van der Waals surface area contributed by atoms with E-state index < -0.39 is 5.60 Å². The van der Waals surface area contributed by atoms with Crippen molar-refractivity contribution in [2.75, 3.05) is 0 Å². The minimum absolute atomic E-state index is 0. The van der Waals surface area contributed by atoms with Crippen molar-refractivity contribution >= 4 is 47.7 Å². The van der Waals surface area contributed by atoms with E-state index >= 15 is 0 Å². The number of nitrogens with zero attached hydrogens (tertiary/aromatic N) is 1. The smallest absolute Gasteiger partial charge is 0.312 e. The molecular weight excluding hydrogens is 225 g/mol. The molecule has 0 amide bonds. The Labute approximate surface area is 115 Å². The Morgan fingerprint density at radius 2 is 2.13 bits per heavy atom. The Morgan fingerprint density at radius 1 is 1.53 bits per heavy atom. The molecule has 0 bridgehead atoms. The number of H-pyrrole nitrogens is 2. The Balaban J connectivity index is 0.00000196. The average molecular weight is 238 g/mol. The Hall–Kier alpha value is -0.170. The van der Waals surface area contributed by atoms with Crippen molar-refractivity contribution in [1.82, 2.24) is 15.4 Å². The van der Waals surface area contributed by atoms with Crippen molar-refractivity contribution < 1.29 is 9.53 Å². The number of aromatic nitrogens is 3. The minimum atomic E-state index is -0.473. The first-order valence-electron chi connectivity index (χ1n) is 4.22. The molecule has 79 valence electrons. The quantitative estimate of drug-likeness (QED) is 0.457. The topological polar surface area (TPSA) is 70.8 Å². The van der Waals surface area contributed by atoms with Crippen LogP contribution in [-0.2, 0) is 16.0 Å². The summed E-state index contributed by atoms with van der Waals surface area (Å²) in [5.41, 5.74) is 0.0351. The predicted octanol–water partition coefficient (Wildman–Crippen LogP) is 0.971. The van der Waals surface area contributed by atoms with E-state index in [-0.39, 0.29) is 41.9 Å². The summed E-state index contributed by atoms with van der Waals surface area (Å²) in [5.74, 6) is -0.330. The third-order valence-corrected chi connectivity index (χ3v) is 1.69. The van der Waals surface area contributed by atoms with Gasteiger partial charge in [0.25, 0.3) is 0 Å². The molecule has 7 heteroatoms. The summed E-state index contributed by atoms with van der Waals surface area (Å²) < 4.78 is 5.55. The second kappa shape index (κ2) is 5.79. The molecule has 0 aromatic carbocycles. The van der Waals surface area contributed by atoms with E-state index in [4.69, 9.17) is 17.0 Å². The van der Waals surface area contributed by atoms with Crippen molar-refractivity contribution in [1.29, 1.82) is 0 Å². The van der Waals surface area contributed by atoms with Crippen LogP contribution >= 0.6 is 12.2 Å². The molecule has 0 saturated heterocycles. The van der Waals surface area contributed by atoms with Crippen LogP contribution in [0.2, 0.25) is 0 Å². The fraction of sp³-hybridized carbons (Fsp3) is 0.625. The number of nitrogens with one attached hydrogen (secondary N) is 2. The largest absolute Gasteiger partial charge is 0.460 e. The number of ether oxygens (including phenoxy) is 1. The first-order chi connectivity index (χ1) is 6.38. The monoisotopic (exact) mass is 238 g/mol. The molecule has 0 aliphatic heterocycles. The van der Waals surface area contributed by atoms with Gasteiger partial charge in [-0.25, -0.2) is 5.21 Å². The zero-order valence-electron chi connectivity index (χ0n) is 9.38. The molecule has 1 aromatic rings. The molecule has 0 unspecified atom stereocenters. The van der Waals surface area contributed by atoms with Gasteiger partial charge in [-0.05, 0) is 20.8 Å². The van der Waals surface area contributed by atoms with Crippen LogP contribution in [-0.4, -0.2) is 56.5 Å². The molecule has 0 spiro atoms. The van der Waals surface area contributed by atoms with Crippen LogP contribution in [0.3, 0.4) is 0 Å². The van der Waals surface area contributed by atoms with E-state index in [1.807, 2.05) is 20.8 Å². The maximum atomic E-state index is 11.3. The van der Waals surface area contributed by atoms with Crippen LogP contribution < -0.4 is 0 Å². The van der Waals surface area contributed by atoms with Gasteiger partial charge in [-0.3, -0.25) is 9.89 Å². The number of aromatic amines is 2. The third kappa shape index (κ3) is 5.46. The van der Waals surface area contributed by atoms with Gasteiger partial charge in [0.15, 0.2) is 0 Å². The number of hydrogen-bond acceptors (Lipinski definition) is 4. The van der Waals surface area contributed by atoms with E-state index in [1.165, 1.54) is 0 Å². The molecule has 1 aromatic heterocycles. The van der Waals surface area contributed by atoms with Gasteiger partial charge in [-0.15, -0.1) is 0 Å². The molecule has 5 nitrogen and oxygen atoms in total. The van der Waals surface area contributed by atoms with Crippen LogP contribution in [0.25, 0.3) is 0 Å². The summed E-state index contributed by atoms with van der Waals surface area (Å²) in [6.07, 6.45) is 0.0934. The van der Waals surface area contributed by atoms with Crippen LogP contribution in [0.5, 0.6) is 0 Å². The van der Waals surface area contributed by atoms with Crippen molar-refractivity contribution in [3.05, 3.63) is 10.3 Å². The molecule has 1 radical (unpaired) electrons. The predicted molar refractivity (Wildman–Crippen MR) is 59.1 cm³/mol. The third-order valence-electron chi connectivity index (χ3n) is 1.35. The van der Waals surface area contributed by atoms with Crippen molar-refractivity contribution in [2.45, 2.75) is 32.8 Å². The van der Waals surface area contributed by atoms with Gasteiger partial charge in [-0.1, -0.05) is 12.2 Å². The fourth-order valence-electron chi connectivity index (χ4n) is 0.903. The van der Waals surface area contributed by atoms with E-state index in [0.717, 1.165) is 0 Å². The summed E-state index contributed by atoms with van der Waals surface area (Å²) in [6, 6.07) is 0. The first kappa shape index (κ1) is 14.8. The molecule has 1 heterocycles. The van der Waals surface area contributed by atoms with Gasteiger partial charge in [0.1, 0.15) is 15.9 Å². The molecule has 0 aliphatic rings. The number of esters is 1. The maximum Gasteiger partial charge on any atom is 0.312 e. The van der Waals surface area contributed by atoms with Crippen molar-refractivity contribution in [3.63, 3.8) is 0 Å². The molecule has 1 rings (SSSR count). The second-order valence-electron chi connectivity index (χ2n) is 3.89. The Morgan fingerprint density at radius 3 is 2.53 bits per heavy atom. The van der Waals surface area contributed by atoms with Gasteiger partial charge in [0, 0.05) is 29.6 Å². The molecule has 2 N–H and O–H groups in total. The maximum absolute atomic E-state index is 11.3. The van der Waals surface area contributed by atoms with Crippen molar-refractivity contribution in [3.8, 4) is 0 Å². The van der Waals surface area contributed by atoms with E-state index in [2.05, 4.69) is 15.4 Å². The molecule has 0 atom stereocenters. The molecule has 15 heavy (non-hydrogen) atoms. The Kier molecular flexibility index (Phi) is 5.72. The van der Waals surface area contributed by atoms with Crippen LogP contribution in [0, 0.1) is 4.64 Å². The summed E-state index contributed by atoms with van der Waals surface area (Å²) in [4.78, 5) is 11.3. The zero-order chi connectivity index (χ0) is 10.8. The molecule has 0 fully saturated rings. The molecule has 0 saturated carbocycles. The van der Waals surface area contributed by atoms with E-state index in [1.54, 1.807) is 0 Å². The number of rotatable bonds is 2. The normalized spacial score (nSPS) is 10.6. The van der Waals surface area contributed by atoms with Gasteiger partial charge in [0.05, 0.1) is 6.42 Å². The first-order valence-corrected chi connectivity index (χ1v) is 4.63. The van der Waals surface area contributed by atoms with Gasteiger partial charge >= 0.3 is 5.97 Å². The summed E-state index contributed by atoms with van der Waals surface area (Å²) >= 11 is 4.89. The summed E-state index contributed by atoms with van der Waals surface area (Å²) in [5, 5.41) is 8.89. The van der Waals surface area contributed by atoms with Crippen LogP contribution in [0.15, 0.2) is 0 Å². The Bertz CT molecular complexity index is 380. The average Bonchev–Trinajstić information content (AvgIpc) is 2.32. The molecular formula is C8H13N3NaO2S. The van der Waals surface area contributed by atoms with Gasteiger partial charge in [-0.2, -0.15) is 5.10 Å². The fourth-order valence-corrected chi connectivity index (χ4v) is 1.07. The van der Waals surface area contributed by atoms with Gasteiger partial charge < -0.3 is 4.74 Å². The number of hydrogen-bond donors (Lipinski definition) is 2. The number of carbonyl (C=O) groups is 1. The second-order valence-corrected chi connectivity index (χ2v) is 4.30. The van der Waals surface area contributed by atoms with E-state index in [0.29, 0.717) is 10.3 Å². The minimum Gasteiger partial charge on any atom is -0.460 e. The zero-order valence-corrected chi connectivity index (χ0v) is 12.2. The van der Waals surface area contributed by atoms with E-state index in [9.17, 15) is 4.79 Å². The van der Waals surface area contributed by atoms with Gasteiger partial charge in [0.2, 0.25) is 0 Å². The standard InChI is InChI=1S/C8H13N3O2S.Na/c1-8(2,3)13-6(12)4-5-7(14)10-11-9-5;/h4H2,1-3H3,(H2,9,10,11,14);. The number of carbonyl (C=O) groups excluding carboxylic acids is 1. The molecule has 0 aliphatic carbocycles. The van der Waals surface area contributed by atoms with Crippen molar-refractivity contribution in [2.24, 2.45) is 0 Å². The van der Waals surface area contributed by atoms with Crippen LogP contribution in [0.4, 0.5) is 0 Å². The van der Waals surface area contributed by atoms with Crippen LogP contribution in [0.1, 0.15) is 26.5 Å². The summed E-state index contributed by atoms with van der Waals surface area (Å²) in [7, 11) is 0. The summed E-state index contributed by atoms with van der Waals surface area (Å²) in [6.45, 7) is 5.45. The SMILES string of the molecule is CC(C)(C)OC(=O)Cc1n[nH][nH]c1=S.[Na].